The molecule has 0 saturated carbocycles. The Morgan fingerprint density at radius 3 is 2.67 bits per heavy atom. The van der Waals surface area contributed by atoms with Crippen LogP contribution in [0.15, 0.2) is 24.3 Å². The fourth-order valence-electron chi connectivity index (χ4n) is 2.21. The molecule has 0 spiro atoms. The molecule has 0 saturated heterocycles. The van der Waals surface area contributed by atoms with Crippen LogP contribution >= 0.6 is 0 Å². The lowest BCUT2D eigenvalue weighted by molar-refractivity contribution is 0.158. The lowest BCUT2D eigenvalue weighted by Gasteiger charge is -2.26. The molecule has 0 aliphatic carbocycles. The number of nitrogens with one attached hydrogen (secondary N) is 2. The zero-order valence-corrected chi connectivity index (χ0v) is 13.2. The molecule has 114 valence electrons. The van der Waals surface area contributed by atoms with Crippen molar-refractivity contribution in [2.45, 2.75) is 32.7 Å². The van der Waals surface area contributed by atoms with Gasteiger partial charge in [-0.2, -0.15) is 4.98 Å². The Bertz CT molecular complexity index is 598. The summed E-state index contributed by atoms with van der Waals surface area (Å²) in [6.45, 7) is 7.76. The second kappa shape index (κ2) is 6.72. The van der Waals surface area contributed by atoms with Crippen molar-refractivity contribution in [3.05, 3.63) is 24.3 Å². The van der Waals surface area contributed by atoms with E-state index in [1.807, 2.05) is 24.3 Å². The van der Waals surface area contributed by atoms with Crippen LogP contribution in [0.5, 0.6) is 0 Å². The Kier molecular flexibility index (Phi) is 4.96. The molecule has 0 aliphatic heterocycles. The lowest BCUT2D eigenvalue weighted by Crippen LogP contribution is -2.36. The van der Waals surface area contributed by atoms with Gasteiger partial charge in [-0.3, -0.25) is 0 Å². The van der Waals surface area contributed by atoms with Gasteiger partial charge in [0.05, 0.1) is 17.7 Å². The van der Waals surface area contributed by atoms with E-state index in [1.165, 1.54) is 0 Å². The van der Waals surface area contributed by atoms with E-state index in [9.17, 15) is 0 Å². The second-order valence-electron chi connectivity index (χ2n) is 5.78. The van der Waals surface area contributed by atoms with E-state index in [-0.39, 0.29) is 5.54 Å². The van der Waals surface area contributed by atoms with E-state index in [0.29, 0.717) is 12.6 Å². The molecule has 21 heavy (non-hydrogen) atoms. The largest absolute Gasteiger partial charge is 0.382 e. The van der Waals surface area contributed by atoms with Gasteiger partial charge in [-0.25, -0.2) is 4.98 Å². The maximum Gasteiger partial charge on any atom is 0.225 e. The van der Waals surface area contributed by atoms with Gasteiger partial charge >= 0.3 is 0 Å². The topological polar surface area (TPSA) is 59.1 Å². The predicted octanol–water partition coefficient (Wildman–Crippen LogP) is 3.29. The Hall–Kier alpha value is -1.88. The number of nitrogens with zero attached hydrogens (tertiary/aromatic N) is 2. The van der Waals surface area contributed by atoms with Crippen LogP contribution in [0.2, 0.25) is 0 Å². The molecule has 0 amide bonds. The summed E-state index contributed by atoms with van der Waals surface area (Å²) in [7, 11) is 1.70. The van der Waals surface area contributed by atoms with Crippen LogP contribution in [-0.2, 0) is 4.74 Å². The maximum absolute atomic E-state index is 5.26. The Balaban J connectivity index is 2.39. The third-order valence-electron chi connectivity index (χ3n) is 3.10. The van der Waals surface area contributed by atoms with Gasteiger partial charge in [0.15, 0.2) is 0 Å². The van der Waals surface area contributed by atoms with Crippen molar-refractivity contribution in [3.63, 3.8) is 0 Å². The number of aromatic nitrogens is 2. The number of methoxy groups -OCH3 is 1. The molecule has 0 radical (unpaired) electrons. The highest BCUT2D eigenvalue weighted by Crippen LogP contribution is 2.24. The lowest BCUT2D eigenvalue weighted by atomic mass is 10.1. The van der Waals surface area contributed by atoms with Gasteiger partial charge in [0.2, 0.25) is 5.95 Å². The van der Waals surface area contributed by atoms with Gasteiger partial charge in [0.25, 0.3) is 0 Å². The first-order chi connectivity index (χ1) is 10.1. The third kappa shape index (κ3) is 4.04. The van der Waals surface area contributed by atoms with Gasteiger partial charge in [-0.05, 0) is 32.4 Å². The summed E-state index contributed by atoms with van der Waals surface area (Å²) in [5.74, 6) is 1.49. The van der Waals surface area contributed by atoms with Crippen LogP contribution < -0.4 is 10.6 Å². The van der Waals surface area contributed by atoms with Gasteiger partial charge in [0, 0.05) is 19.0 Å². The molecule has 2 rings (SSSR count). The van der Waals surface area contributed by atoms with Crippen molar-refractivity contribution in [1.29, 1.82) is 0 Å². The number of rotatable bonds is 7. The monoisotopic (exact) mass is 288 g/mol. The molecule has 0 bridgehead atoms. The highest BCUT2D eigenvalue weighted by atomic mass is 16.5. The minimum Gasteiger partial charge on any atom is -0.382 e. The van der Waals surface area contributed by atoms with Gasteiger partial charge in [-0.1, -0.05) is 19.1 Å². The summed E-state index contributed by atoms with van der Waals surface area (Å²) in [6.07, 6.45) is 1.04. The van der Waals surface area contributed by atoms with Crippen molar-refractivity contribution in [2.75, 3.05) is 30.9 Å². The number of benzene rings is 1. The summed E-state index contributed by atoms with van der Waals surface area (Å²) in [5.41, 5.74) is 0.732. The highest BCUT2D eigenvalue weighted by Gasteiger charge is 2.19. The van der Waals surface area contributed by atoms with E-state index in [1.54, 1.807) is 7.11 Å². The van der Waals surface area contributed by atoms with Crippen LogP contribution in [-0.4, -0.2) is 35.8 Å². The first-order valence-electron chi connectivity index (χ1n) is 7.33. The smallest absolute Gasteiger partial charge is 0.225 e. The first kappa shape index (κ1) is 15.5. The van der Waals surface area contributed by atoms with Gasteiger partial charge in [-0.15, -0.1) is 0 Å². The summed E-state index contributed by atoms with van der Waals surface area (Å²) in [4.78, 5) is 9.17. The maximum atomic E-state index is 5.26. The van der Waals surface area contributed by atoms with E-state index in [2.05, 4.69) is 41.4 Å². The number of hydrogen-bond acceptors (Lipinski definition) is 5. The van der Waals surface area contributed by atoms with Crippen molar-refractivity contribution >= 4 is 22.7 Å². The van der Waals surface area contributed by atoms with Crippen LogP contribution in [0.25, 0.3) is 10.9 Å². The average Bonchev–Trinajstić information content (AvgIpc) is 2.44. The Labute approximate surface area is 126 Å². The van der Waals surface area contributed by atoms with Crippen molar-refractivity contribution in [2.24, 2.45) is 0 Å². The van der Waals surface area contributed by atoms with Crippen molar-refractivity contribution < 1.29 is 4.74 Å². The van der Waals surface area contributed by atoms with Crippen LogP contribution in [0.4, 0.5) is 11.8 Å². The molecule has 0 fully saturated rings. The fourth-order valence-corrected chi connectivity index (χ4v) is 2.21. The molecule has 0 atom stereocenters. The molecule has 5 heteroatoms. The molecule has 0 aliphatic rings. The van der Waals surface area contributed by atoms with Crippen LogP contribution in [0, 0.1) is 0 Å². The summed E-state index contributed by atoms with van der Waals surface area (Å²) < 4.78 is 5.26. The molecule has 1 aromatic carbocycles. The molecular formula is C16H24N4O. The first-order valence-corrected chi connectivity index (χ1v) is 7.33. The molecule has 1 aromatic heterocycles. The molecule has 2 N–H and O–H groups in total. The molecular weight excluding hydrogens is 264 g/mol. The number of para-hydroxylation sites is 1. The fraction of sp³-hybridized carbons (Fsp3) is 0.500. The number of anilines is 2. The standard InChI is InChI=1S/C16H24N4O/c1-5-10-17-15-18-13-9-7-6-8-12(13)14(19-15)20-16(2,3)11-21-4/h6-9H,5,10-11H2,1-4H3,(H2,17,18,19,20). The highest BCUT2D eigenvalue weighted by molar-refractivity contribution is 5.90. The number of fused-ring (bicyclic) bond motifs is 1. The quantitative estimate of drug-likeness (QED) is 0.818. The van der Waals surface area contributed by atoms with Gasteiger partial charge < -0.3 is 15.4 Å². The Morgan fingerprint density at radius 2 is 1.95 bits per heavy atom. The van der Waals surface area contributed by atoms with E-state index in [0.717, 1.165) is 29.7 Å². The average molecular weight is 288 g/mol. The zero-order chi connectivity index (χ0) is 15.3. The summed E-state index contributed by atoms with van der Waals surface area (Å²) in [5, 5.41) is 7.73. The summed E-state index contributed by atoms with van der Waals surface area (Å²) >= 11 is 0. The minimum atomic E-state index is -0.200. The minimum absolute atomic E-state index is 0.200. The van der Waals surface area contributed by atoms with Crippen LogP contribution in [0.1, 0.15) is 27.2 Å². The third-order valence-corrected chi connectivity index (χ3v) is 3.10. The number of ether oxygens (including phenoxy) is 1. The SMILES string of the molecule is CCCNc1nc(NC(C)(C)COC)c2ccccc2n1. The second-order valence-corrected chi connectivity index (χ2v) is 5.78. The molecule has 5 nitrogen and oxygen atoms in total. The van der Waals surface area contributed by atoms with Crippen LogP contribution in [0.3, 0.4) is 0 Å². The van der Waals surface area contributed by atoms with E-state index in [4.69, 9.17) is 4.74 Å². The summed E-state index contributed by atoms with van der Waals surface area (Å²) in [6, 6.07) is 8.02. The van der Waals surface area contributed by atoms with E-state index >= 15 is 0 Å². The van der Waals surface area contributed by atoms with Crippen molar-refractivity contribution in [3.8, 4) is 0 Å². The normalized spacial score (nSPS) is 11.6. The molecule has 1 heterocycles. The zero-order valence-electron chi connectivity index (χ0n) is 13.2. The van der Waals surface area contributed by atoms with Crippen molar-refractivity contribution in [1.82, 2.24) is 9.97 Å². The Morgan fingerprint density at radius 1 is 1.19 bits per heavy atom. The number of hydrogen-bond donors (Lipinski definition) is 2. The predicted molar refractivity (Wildman–Crippen MR) is 87.9 cm³/mol. The van der Waals surface area contributed by atoms with E-state index < -0.39 is 0 Å². The molecule has 0 unspecified atom stereocenters. The molecule has 2 aromatic rings. The van der Waals surface area contributed by atoms with Gasteiger partial charge in [0.1, 0.15) is 5.82 Å².